The Kier molecular flexibility index (Phi) is 3.64. The van der Waals surface area contributed by atoms with Crippen molar-refractivity contribution in [1.29, 1.82) is 0 Å². The lowest BCUT2D eigenvalue weighted by atomic mass is 9.85. The number of rotatable bonds is 3. The van der Waals surface area contributed by atoms with E-state index in [1.54, 1.807) is 0 Å². The van der Waals surface area contributed by atoms with E-state index >= 15 is 0 Å². The summed E-state index contributed by atoms with van der Waals surface area (Å²) in [5.41, 5.74) is 6.72. The molecule has 0 radical (unpaired) electrons. The predicted molar refractivity (Wildman–Crippen MR) is 49.4 cm³/mol. The lowest BCUT2D eigenvalue weighted by Crippen LogP contribution is -2.10. The van der Waals surface area contributed by atoms with E-state index < -0.39 is 0 Å². The van der Waals surface area contributed by atoms with Crippen molar-refractivity contribution in [3.63, 3.8) is 0 Å². The van der Waals surface area contributed by atoms with Crippen molar-refractivity contribution >= 4 is 0 Å². The van der Waals surface area contributed by atoms with Crippen LogP contribution >= 0.6 is 0 Å². The minimum absolute atomic E-state index is 0.677. The SMILES string of the molecule is C=C(CN)CC1CCCCC1. The van der Waals surface area contributed by atoms with Gasteiger partial charge in [0, 0.05) is 6.54 Å². The number of hydrogen-bond acceptors (Lipinski definition) is 1. The third kappa shape index (κ3) is 3.06. The summed E-state index contributed by atoms with van der Waals surface area (Å²) in [5.74, 6) is 0.903. The fraction of sp³-hybridized carbons (Fsp3) is 0.800. The van der Waals surface area contributed by atoms with E-state index in [-0.39, 0.29) is 0 Å². The fourth-order valence-corrected chi connectivity index (χ4v) is 1.88. The molecule has 2 N–H and O–H groups in total. The molecule has 0 aliphatic heterocycles. The van der Waals surface area contributed by atoms with Crippen molar-refractivity contribution in [2.24, 2.45) is 11.7 Å². The van der Waals surface area contributed by atoms with E-state index in [0.717, 1.165) is 5.92 Å². The van der Waals surface area contributed by atoms with Gasteiger partial charge in [-0.1, -0.05) is 44.3 Å². The molecule has 11 heavy (non-hydrogen) atoms. The Bertz CT molecular complexity index is 123. The van der Waals surface area contributed by atoms with Gasteiger partial charge in [-0.15, -0.1) is 0 Å². The van der Waals surface area contributed by atoms with E-state index in [9.17, 15) is 0 Å². The Morgan fingerprint density at radius 2 is 1.91 bits per heavy atom. The molecule has 1 saturated carbocycles. The molecule has 0 atom stereocenters. The summed E-state index contributed by atoms with van der Waals surface area (Å²) in [7, 11) is 0. The van der Waals surface area contributed by atoms with Crippen molar-refractivity contribution in [3.05, 3.63) is 12.2 Å². The molecular formula is C10H19N. The second-order valence-corrected chi connectivity index (χ2v) is 3.66. The van der Waals surface area contributed by atoms with Gasteiger partial charge in [0.1, 0.15) is 0 Å². The third-order valence-corrected chi connectivity index (χ3v) is 2.59. The lowest BCUT2D eigenvalue weighted by Gasteiger charge is -2.21. The van der Waals surface area contributed by atoms with Crippen molar-refractivity contribution < 1.29 is 0 Å². The fourth-order valence-electron chi connectivity index (χ4n) is 1.88. The van der Waals surface area contributed by atoms with Crippen LogP contribution in [-0.2, 0) is 0 Å². The van der Waals surface area contributed by atoms with Gasteiger partial charge in [0.15, 0.2) is 0 Å². The highest BCUT2D eigenvalue weighted by atomic mass is 14.5. The topological polar surface area (TPSA) is 26.0 Å². The molecule has 0 aromatic carbocycles. The quantitative estimate of drug-likeness (QED) is 0.619. The molecule has 0 saturated heterocycles. The summed E-state index contributed by atoms with van der Waals surface area (Å²) < 4.78 is 0. The zero-order valence-corrected chi connectivity index (χ0v) is 7.31. The van der Waals surface area contributed by atoms with Gasteiger partial charge < -0.3 is 5.73 Å². The molecule has 64 valence electrons. The molecule has 0 unspecified atom stereocenters. The Balaban J connectivity index is 2.19. The Morgan fingerprint density at radius 1 is 1.27 bits per heavy atom. The highest BCUT2D eigenvalue weighted by Gasteiger charge is 2.13. The second kappa shape index (κ2) is 4.55. The highest BCUT2D eigenvalue weighted by molar-refractivity contribution is 4.97. The van der Waals surface area contributed by atoms with Crippen molar-refractivity contribution in [3.8, 4) is 0 Å². The first kappa shape index (κ1) is 8.79. The zero-order chi connectivity index (χ0) is 8.10. The van der Waals surface area contributed by atoms with Gasteiger partial charge in [0.2, 0.25) is 0 Å². The maximum absolute atomic E-state index is 5.49. The lowest BCUT2D eigenvalue weighted by molar-refractivity contribution is 0.355. The molecule has 0 spiro atoms. The van der Waals surface area contributed by atoms with Crippen LogP contribution in [0.2, 0.25) is 0 Å². The summed E-state index contributed by atoms with van der Waals surface area (Å²) in [6, 6.07) is 0. The average Bonchev–Trinajstić information content (AvgIpc) is 2.06. The Hall–Kier alpha value is -0.300. The van der Waals surface area contributed by atoms with Crippen LogP contribution in [0.1, 0.15) is 38.5 Å². The van der Waals surface area contributed by atoms with Crippen LogP contribution in [0.3, 0.4) is 0 Å². The van der Waals surface area contributed by atoms with Gasteiger partial charge in [0.25, 0.3) is 0 Å². The Morgan fingerprint density at radius 3 is 2.45 bits per heavy atom. The largest absolute Gasteiger partial charge is 0.327 e. The van der Waals surface area contributed by atoms with Gasteiger partial charge in [-0.05, 0) is 12.3 Å². The third-order valence-electron chi connectivity index (χ3n) is 2.59. The molecule has 1 aliphatic rings. The summed E-state index contributed by atoms with van der Waals surface area (Å²) >= 11 is 0. The zero-order valence-electron chi connectivity index (χ0n) is 7.31. The monoisotopic (exact) mass is 153 g/mol. The molecule has 0 heterocycles. The highest BCUT2D eigenvalue weighted by Crippen LogP contribution is 2.27. The van der Waals surface area contributed by atoms with Gasteiger partial charge in [-0.2, -0.15) is 0 Å². The molecule has 1 rings (SSSR count). The molecule has 1 heteroatoms. The Labute approximate surface area is 69.7 Å². The standard InChI is InChI=1S/C10H19N/c1-9(8-11)7-10-5-3-2-4-6-10/h10H,1-8,11H2. The molecule has 0 aromatic rings. The first-order valence-corrected chi connectivity index (χ1v) is 4.69. The van der Waals surface area contributed by atoms with Crippen LogP contribution in [0, 0.1) is 5.92 Å². The predicted octanol–water partition coefficient (Wildman–Crippen LogP) is 2.47. The molecule has 1 nitrogen and oxygen atoms in total. The van der Waals surface area contributed by atoms with E-state index in [1.165, 1.54) is 44.1 Å². The number of hydrogen-bond donors (Lipinski definition) is 1. The van der Waals surface area contributed by atoms with Gasteiger partial charge >= 0.3 is 0 Å². The molecular weight excluding hydrogens is 134 g/mol. The van der Waals surface area contributed by atoms with Crippen LogP contribution in [0.4, 0.5) is 0 Å². The van der Waals surface area contributed by atoms with Crippen molar-refractivity contribution in [1.82, 2.24) is 0 Å². The maximum Gasteiger partial charge on any atom is 0.0134 e. The minimum atomic E-state index is 0.677. The van der Waals surface area contributed by atoms with Crippen LogP contribution in [0.5, 0.6) is 0 Å². The first-order valence-electron chi connectivity index (χ1n) is 4.69. The van der Waals surface area contributed by atoms with Gasteiger partial charge in [0.05, 0.1) is 0 Å². The summed E-state index contributed by atoms with van der Waals surface area (Å²) in [6.45, 7) is 4.62. The van der Waals surface area contributed by atoms with Crippen LogP contribution < -0.4 is 5.73 Å². The second-order valence-electron chi connectivity index (χ2n) is 3.66. The number of nitrogens with two attached hydrogens (primary N) is 1. The average molecular weight is 153 g/mol. The summed E-state index contributed by atoms with van der Waals surface area (Å²) in [4.78, 5) is 0. The first-order chi connectivity index (χ1) is 5.33. The molecule has 0 bridgehead atoms. The molecule has 0 amide bonds. The van der Waals surface area contributed by atoms with E-state index in [1.807, 2.05) is 0 Å². The van der Waals surface area contributed by atoms with Gasteiger partial charge in [-0.3, -0.25) is 0 Å². The summed E-state index contributed by atoms with van der Waals surface area (Å²) in [5, 5.41) is 0. The molecule has 0 aromatic heterocycles. The van der Waals surface area contributed by atoms with Crippen molar-refractivity contribution in [2.45, 2.75) is 38.5 Å². The maximum atomic E-state index is 5.49. The van der Waals surface area contributed by atoms with Crippen LogP contribution in [0.15, 0.2) is 12.2 Å². The summed E-state index contributed by atoms with van der Waals surface area (Å²) in [6.07, 6.45) is 8.26. The van der Waals surface area contributed by atoms with Crippen molar-refractivity contribution in [2.75, 3.05) is 6.54 Å². The smallest absolute Gasteiger partial charge is 0.0134 e. The van der Waals surface area contributed by atoms with Crippen LogP contribution in [-0.4, -0.2) is 6.54 Å². The van der Waals surface area contributed by atoms with E-state index in [2.05, 4.69) is 6.58 Å². The molecule has 1 fully saturated rings. The van der Waals surface area contributed by atoms with E-state index in [4.69, 9.17) is 5.73 Å². The van der Waals surface area contributed by atoms with Crippen LogP contribution in [0.25, 0.3) is 0 Å². The minimum Gasteiger partial charge on any atom is -0.327 e. The molecule has 1 aliphatic carbocycles. The van der Waals surface area contributed by atoms with Gasteiger partial charge in [-0.25, -0.2) is 0 Å². The van der Waals surface area contributed by atoms with E-state index in [0.29, 0.717) is 6.54 Å². The normalized spacial score (nSPS) is 20.1.